The van der Waals surface area contributed by atoms with Crippen molar-refractivity contribution in [3.8, 4) is 0 Å². The first-order valence-corrected chi connectivity index (χ1v) is 20.9. The van der Waals surface area contributed by atoms with Gasteiger partial charge in [0.15, 0.2) is 25.0 Å². The molecule has 0 spiro atoms. The van der Waals surface area contributed by atoms with Gasteiger partial charge in [-0.15, -0.1) is 0 Å². The van der Waals surface area contributed by atoms with E-state index in [2.05, 4.69) is 6.58 Å². The Labute approximate surface area is 163 Å². The zero-order valence-corrected chi connectivity index (χ0v) is 22.4. The van der Waals surface area contributed by atoms with E-state index in [-0.39, 0.29) is 12.0 Å². The minimum atomic E-state index is -3.81. The lowest BCUT2D eigenvalue weighted by molar-refractivity contribution is -0.191. The van der Waals surface area contributed by atoms with E-state index >= 15 is 0 Å². The number of aliphatic hydroxyl groups is 1. The van der Waals surface area contributed by atoms with Gasteiger partial charge in [-0.05, 0) is 65.8 Å². The molecule has 0 amide bonds. The first kappa shape index (κ1) is 25.9. The van der Waals surface area contributed by atoms with Crippen LogP contribution in [-0.2, 0) is 21.9 Å². The van der Waals surface area contributed by atoms with Crippen LogP contribution in [0.4, 0.5) is 0 Å². The van der Waals surface area contributed by atoms with Crippen LogP contribution in [0.3, 0.4) is 0 Å². The summed E-state index contributed by atoms with van der Waals surface area (Å²) in [6.45, 7) is 25.0. The average Bonchev–Trinajstić information content (AvgIpc) is 2.31. The van der Waals surface area contributed by atoms with Gasteiger partial charge in [0.1, 0.15) is 0 Å². The van der Waals surface area contributed by atoms with Crippen molar-refractivity contribution in [1.29, 1.82) is 0 Å². The molecule has 0 rings (SSSR count). The molecule has 0 aromatic heterocycles. The molecule has 0 aromatic carbocycles. The summed E-state index contributed by atoms with van der Waals surface area (Å²) in [5.74, 6) is -0.677. The van der Waals surface area contributed by atoms with Gasteiger partial charge < -0.3 is 22.2 Å². The normalized spacial score (nSPS) is 16.2. The standard InChI is InChI=1S/C16H38O6Si4/c1-13-16(18,19-15(17)14(2)3)26(20-23(4,5)6,21-24(7,8)9)22-25(10,11)12/h18H,2,13H2,1,3-12H3. The van der Waals surface area contributed by atoms with Crippen molar-refractivity contribution in [2.24, 2.45) is 0 Å². The molecule has 0 saturated heterocycles. The second-order valence-electron chi connectivity index (χ2n) is 9.51. The molecule has 0 aliphatic carbocycles. The van der Waals surface area contributed by atoms with Crippen LogP contribution in [0.5, 0.6) is 0 Å². The van der Waals surface area contributed by atoms with E-state index in [9.17, 15) is 9.90 Å². The van der Waals surface area contributed by atoms with Crippen LogP contribution in [-0.4, -0.2) is 50.2 Å². The van der Waals surface area contributed by atoms with Gasteiger partial charge in [-0.1, -0.05) is 13.5 Å². The maximum atomic E-state index is 12.3. The van der Waals surface area contributed by atoms with Crippen LogP contribution >= 0.6 is 0 Å². The summed E-state index contributed by atoms with van der Waals surface area (Å²) in [5.41, 5.74) is -1.75. The van der Waals surface area contributed by atoms with Gasteiger partial charge in [-0.2, -0.15) is 0 Å². The van der Waals surface area contributed by atoms with Crippen molar-refractivity contribution in [2.75, 3.05) is 0 Å². The number of esters is 1. The molecule has 0 aliphatic rings. The highest BCUT2D eigenvalue weighted by Gasteiger charge is 2.67. The molecule has 0 aromatic rings. The maximum Gasteiger partial charge on any atom is 0.545 e. The average molecular weight is 439 g/mol. The van der Waals surface area contributed by atoms with Crippen LogP contribution in [0.2, 0.25) is 58.9 Å². The number of carbonyl (C=O) groups is 1. The molecule has 0 heterocycles. The summed E-state index contributed by atoms with van der Waals surface area (Å²) in [6, 6.07) is 0. The number of hydrogen-bond acceptors (Lipinski definition) is 6. The van der Waals surface area contributed by atoms with Gasteiger partial charge in [0, 0.05) is 12.0 Å². The maximum absolute atomic E-state index is 12.3. The molecule has 0 aliphatic heterocycles. The van der Waals surface area contributed by atoms with Crippen molar-refractivity contribution in [3.63, 3.8) is 0 Å². The summed E-state index contributed by atoms with van der Waals surface area (Å²) < 4.78 is 24.9. The molecule has 26 heavy (non-hydrogen) atoms. The molecule has 10 heteroatoms. The summed E-state index contributed by atoms with van der Waals surface area (Å²) in [6.07, 6.45) is 0.109. The van der Waals surface area contributed by atoms with Crippen molar-refractivity contribution in [1.82, 2.24) is 0 Å². The van der Waals surface area contributed by atoms with Gasteiger partial charge in [-0.25, -0.2) is 4.79 Å². The van der Waals surface area contributed by atoms with E-state index in [1.54, 1.807) is 13.8 Å². The largest absolute Gasteiger partial charge is 0.545 e. The molecule has 154 valence electrons. The van der Waals surface area contributed by atoms with Crippen LogP contribution in [0.1, 0.15) is 20.3 Å². The Kier molecular flexibility index (Phi) is 8.49. The van der Waals surface area contributed by atoms with E-state index in [0.717, 1.165) is 0 Å². The lowest BCUT2D eigenvalue weighted by Gasteiger charge is -2.48. The van der Waals surface area contributed by atoms with Crippen LogP contribution in [0.25, 0.3) is 0 Å². The van der Waals surface area contributed by atoms with E-state index < -0.39 is 45.1 Å². The zero-order valence-electron chi connectivity index (χ0n) is 18.4. The fourth-order valence-corrected chi connectivity index (χ4v) is 16.0. The Bertz CT molecular complexity index is 478. The summed E-state index contributed by atoms with van der Waals surface area (Å²) >= 11 is 0. The third-order valence-corrected chi connectivity index (χ3v) is 14.9. The van der Waals surface area contributed by atoms with Gasteiger partial charge in [0.2, 0.25) is 0 Å². The lowest BCUT2D eigenvalue weighted by Crippen LogP contribution is -2.74. The van der Waals surface area contributed by atoms with E-state index in [1.807, 2.05) is 58.9 Å². The molecule has 0 saturated carbocycles. The summed E-state index contributed by atoms with van der Waals surface area (Å²) in [5, 5.41) is 11.5. The Hall–Kier alpha value is -0.0825. The van der Waals surface area contributed by atoms with Crippen molar-refractivity contribution < 1.29 is 27.0 Å². The number of carbonyl (C=O) groups excluding carboxylic acids is 1. The lowest BCUT2D eigenvalue weighted by atomic mass is 10.3. The molecule has 1 N–H and O–H groups in total. The Balaban J connectivity index is 6.50. The molecular formula is C16H38O6Si4. The van der Waals surface area contributed by atoms with Gasteiger partial charge >= 0.3 is 14.8 Å². The van der Waals surface area contributed by atoms with Crippen molar-refractivity contribution in [3.05, 3.63) is 12.2 Å². The summed E-state index contributed by atoms with van der Waals surface area (Å²) in [4.78, 5) is 12.3. The van der Waals surface area contributed by atoms with Gasteiger partial charge in [-0.3, -0.25) is 0 Å². The monoisotopic (exact) mass is 438 g/mol. The topological polar surface area (TPSA) is 74.2 Å². The Morgan fingerprint density at radius 2 is 1.19 bits per heavy atom. The fraction of sp³-hybridized carbons (Fsp3) is 0.812. The first-order chi connectivity index (χ1) is 11.3. The van der Waals surface area contributed by atoms with E-state index in [0.29, 0.717) is 0 Å². The third kappa shape index (κ3) is 8.29. The van der Waals surface area contributed by atoms with E-state index in [4.69, 9.17) is 17.1 Å². The van der Waals surface area contributed by atoms with Crippen molar-refractivity contribution in [2.45, 2.75) is 84.6 Å². The highest BCUT2D eigenvalue weighted by molar-refractivity contribution is 6.91. The Morgan fingerprint density at radius 3 is 1.38 bits per heavy atom. The van der Waals surface area contributed by atoms with Gasteiger partial charge in [0.05, 0.1) is 0 Å². The molecule has 1 unspecified atom stereocenters. The first-order valence-electron chi connectivity index (χ1n) is 8.97. The summed E-state index contributed by atoms with van der Waals surface area (Å²) in [7, 11) is -10.4. The number of hydrogen-bond donors (Lipinski definition) is 1. The fourth-order valence-electron chi connectivity index (χ4n) is 2.10. The smallest absolute Gasteiger partial charge is 0.424 e. The highest BCUT2D eigenvalue weighted by Crippen LogP contribution is 2.37. The minimum absolute atomic E-state index is 0.109. The highest BCUT2D eigenvalue weighted by atomic mass is 28.5. The zero-order chi connectivity index (χ0) is 21.2. The molecule has 0 radical (unpaired) electrons. The predicted octanol–water partition coefficient (Wildman–Crippen LogP) is 4.24. The third-order valence-electron chi connectivity index (χ3n) is 2.89. The number of rotatable bonds is 10. The molecular weight excluding hydrogens is 401 g/mol. The molecule has 6 nitrogen and oxygen atoms in total. The Morgan fingerprint density at radius 1 is 0.885 bits per heavy atom. The minimum Gasteiger partial charge on any atom is -0.424 e. The quantitative estimate of drug-likeness (QED) is 0.238. The molecule has 1 atom stereocenters. The second-order valence-corrected chi connectivity index (χ2v) is 26.5. The van der Waals surface area contributed by atoms with E-state index in [1.165, 1.54) is 0 Å². The molecule has 0 fully saturated rings. The number of ether oxygens (including phenoxy) is 1. The predicted molar refractivity (Wildman–Crippen MR) is 115 cm³/mol. The second kappa shape index (κ2) is 8.51. The SMILES string of the molecule is C=C(C)C(=O)OC(O)(CC)[Si](O[Si](C)(C)C)(O[Si](C)(C)C)O[Si](C)(C)C. The van der Waals surface area contributed by atoms with Crippen LogP contribution < -0.4 is 0 Å². The molecule has 0 bridgehead atoms. The van der Waals surface area contributed by atoms with Crippen molar-refractivity contribution >= 4 is 39.7 Å². The van der Waals surface area contributed by atoms with Crippen LogP contribution in [0.15, 0.2) is 12.2 Å². The van der Waals surface area contributed by atoms with Gasteiger partial charge in [0.25, 0.3) is 5.41 Å². The van der Waals surface area contributed by atoms with Crippen LogP contribution in [0, 0.1) is 0 Å².